The smallest absolute Gasteiger partial charge is 0.162 e. The van der Waals surface area contributed by atoms with E-state index in [1.807, 2.05) is 18.3 Å². The van der Waals surface area contributed by atoms with Crippen molar-refractivity contribution >= 4 is 39.0 Å². The van der Waals surface area contributed by atoms with Crippen molar-refractivity contribution in [3.63, 3.8) is 0 Å². The first kappa shape index (κ1) is 13.0. The highest BCUT2D eigenvalue weighted by molar-refractivity contribution is 7.10. The maximum absolute atomic E-state index is 9.00. The van der Waals surface area contributed by atoms with E-state index in [0.29, 0.717) is 5.56 Å². The lowest BCUT2D eigenvalue weighted by atomic mass is 10.1. The van der Waals surface area contributed by atoms with Crippen LogP contribution in [-0.2, 0) is 6.42 Å². The number of hydrogen-bond acceptors (Lipinski definition) is 4. The van der Waals surface area contributed by atoms with Crippen LogP contribution in [0, 0.1) is 11.3 Å². The maximum atomic E-state index is 9.00. The molecule has 20 heavy (non-hydrogen) atoms. The summed E-state index contributed by atoms with van der Waals surface area (Å²) in [5.74, 6) is 0. The Morgan fingerprint density at radius 2 is 2.25 bits per heavy atom. The summed E-state index contributed by atoms with van der Waals surface area (Å²) in [6.07, 6.45) is 2.89. The van der Waals surface area contributed by atoms with Crippen molar-refractivity contribution in [3.8, 4) is 6.07 Å². The molecule has 0 aliphatic carbocycles. The zero-order valence-electron chi connectivity index (χ0n) is 10.5. The van der Waals surface area contributed by atoms with Crippen molar-refractivity contribution in [1.29, 1.82) is 5.26 Å². The molecule has 0 spiro atoms. The normalized spacial score (nSPS) is 10.6. The first-order valence-corrected chi connectivity index (χ1v) is 7.29. The lowest BCUT2D eigenvalue weighted by Crippen LogP contribution is -2.04. The number of nitrogens with zero attached hydrogens (tertiary/aromatic N) is 2. The van der Waals surface area contributed by atoms with Gasteiger partial charge in [0.1, 0.15) is 16.6 Å². The van der Waals surface area contributed by atoms with Gasteiger partial charge >= 0.3 is 0 Å². The highest BCUT2D eigenvalue weighted by atomic mass is 35.5. The summed E-state index contributed by atoms with van der Waals surface area (Å²) in [7, 11) is 0. The van der Waals surface area contributed by atoms with E-state index >= 15 is 0 Å². The highest BCUT2D eigenvalue weighted by Crippen LogP contribution is 2.27. The second-order valence-corrected chi connectivity index (χ2v) is 5.46. The molecule has 3 aromatic rings. The molecule has 0 bridgehead atoms. The summed E-state index contributed by atoms with van der Waals surface area (Å²) < 4.78 is 3.97. The third-order valence-electron chi connectivity index (χ3n) is 3.12. The quantitative estimate of drug-likeness (QED) is 0.770. The van der Waals surface area contributed by atoms with Crippen LogP contribution in [0.15, 0.2) is 30.5 Å². The largest absolute Gasteiger partial charge is 0.374 e. The third-order valence-corrected chi connectivity index (χ3v) is 4.30. The van der Waals surface area contributed by atoms with Crippen molar-refractivity contribution < 1.29 is 0 Å². The molecule has 0 saturated heterocycles. The van der Waals surface area contributed by atoms with E-state index in [-0.39, 0.29) is 5.15 Å². The summed E-state index contributed by atoms with van der Waals surface area (Å²) in [6.45, 7) is 0.731. The molecular weight excluding hydrogens is 292 g/mol. The molecular formula is C14H11ClN4S. The summed E-state index contributed by atoms with van der Waals surface area (Å²) in [5.41, 5.74) is 2.82. The van der Waals surface area contributed by atoms with E-state index in [2.05, 4.69) is 32.9 Å². The van der Waals surface area contributed by atoms with Gasteiger partial charge in [-0.25, -0.2) is 0 Å². The van der Waals surface area contributed by atoms with Gasteiger partial charge in [0.2, 0.25) is 0 Å². The Kier molecular flexibility index (Phi) is 3.59. The fourth-order valence-corrected chi connectivity index (χ4v) is 3.10. The molecule has 3 rings (SSSR count). The Balaban J connectivity index is 1.70. The van der Waals surface area contributed by atoms with Crippen LogP contribution in [0.1, 0.15) is 11.1 Å². The van der Waals surface area contributed by atoms with Crippen LogP contribution in [0.25, 0.3) is 10.9 Å². The highest BCUT2D eigenvalue weighted by Gasteiger charge is 2.11. The lowest BCUT2D eigenvalue weighted by Gasteiger charge is -2.03. The first-order chi connectivity index (χ1) is 9.79. The number of anilines is 1. The second-order valence-electron chi connectivity index (χ2n) is 4.33. The van der Waals surface area contributed by atoms with E-state index in [9.17, 15) is 0 Å². The monoisotopic (exact) mass is 302 g/mol. The van der Waals surface area contributed by atoms with Crippen molar-refractivity contribution in [2.45, 2.75) is 6.42 Å². The van der Waals surface area contributed by atoms with Gasteiger partial charge in [-0.15, -0.1) is 0 Å². The molecule has 0 saturated carbocycles. The standard InChI is InChI=1S/C14H11ClN4S/c15-13-11(7-16)14(20-19-13)17-6-5-9-8-18-12-4-2-1-3-10(9)12/h1-4,8,17-18H,5-6H2. The topological polar surface area (TPSA) is 64.5 Å². The molecule has 2 N–H and O–H groups in total. The Hall–Kier alpha value is -2.03. The molecule has 0 aliphatic rings. The minimum Gasteiger partial charge on any atom is -0.374 e. The molecule has 1 aromatic carbocycles. The Morgan fingerprint density at radius 3 is 3.10 bits per heavy atom. The van der Waals surface area contributed by atoms with Gasteiger partial charge in [0.15, 0.2) is 5.15 Å². The van der Waals surface area contributed by atoms with Crippen LogP contribution in [0.2, 0.25) is 5.15 Å². The fraction of sp³-hybridized carbons (Fsp3) is 0.143. The molecule has 0 fully saturated rings. The number of aromatic amines is 1. The molecule has 0 radical (unpaired) electrons. The number of H-pyrrole nitrogens is 1. The van der Waals surface area contributed by atoms with Crippen molar-refractivity contribution in [3.05, 3.63) is 46.7 Å². The molecule has 100 valence electrons. The lowest BCUT2D eigenvalue weighted by molar-refractivity contribution is 1.03. The third kappa shape index (κ3) is 2.36. The SMILES string of the molecule is N#Cc1c(Cl)nsc1NCCc1c[nH]c2ccccc12. The van der Waals surface area contributed by atoms with Crippen molar-refractivity contribution in [2.75, 3.05) is 11.9 Å². The summed E-state index contributed by atoms with van der Waals surface area (Å²) in [6, 6.07) is 10.3. The van der Waals surface area contributed by atoms with Gasteiger partial charge < -0.3 is 10.3 Å². The first-order valence-electron chi connectivity index (χ1n) is 6.13. The predicted molar refractivity (Wildman–Crippen MR) is 82.3 cm³/mol. The number of aromatic nitrogens is 2. The van der Waals surface area contributed by atoms with Gasteiger partial charge in [-0.05, 0) is 29.6 Å². The van der Waals surface area contributed by atoms with Gasteiger partial charge in [0, 0.05) is 23.6 Å². The van der Waals surface area contributed by atoms with E-state index in [0.717, 1.165) is 23.5 Å². The minimum absolute atomic E-state index is 0.270. The Morgan fingerprint density at radius 1 is 1.40 bits per heavy atom. The number of para-hydroxylation sites is 1. The Bertz CT molecular complexity index is 784. The molecule has 6 heteroatoms. The van der Waals surface area contributed by atoms with E-state index in [4.69, 9.17) is 16.9 Å². The maximum Gasteiger partial charge on any atom is 0.162 e. The number of halogens is 1. The van der Waals surface area contributed by atoms with Gasteiger partial charge in [-0.2, -0.15) is 9.64 Å². The number of nitrogens with one attached hydrogen (secondary N) is 2. The number of hydrogen-bond donors (Lipinski definition) is 2. The number of nitriles is 1. The van der Waals surface area contributed by atoms with Crippen LogP contribution < -0.4 is 5.32 Å². The molecule has 2 heterocycles. The van der Waals surface area contributed by atoms with E-state index < -0.39 is 0 Å². The predicted octanol–water partition coefficient (Wildman–Crippen LogP) is 3.80. The van der Waals surface area contributed by atoms with E-state index in [1.165, 1.54) is 22.5 Å². The van der Waals surface area contributed by atoms with E-state index in [1.54, 1.807) is 0 Å². The van der Waals surface area contributed by atoms with Gasteiger partial charge in [-0.1, -0.05) is 29.8 Å². The van der Waals surface area contributed by atoms with Crippen LogP contribution in [0.4, 0.5) is 5.00 Å². The zero-order valence-corrected chi connectivity index (χ0v) is 12.1. The molecule has 0 amide bonds. The fourth-order valence-electron chi connectivity index (χ4n) is 2.14. The summed E-state index contributed by atoms with van der Waals surface area (Å²) in [4.78, 5) is 3.25. The Labute approximate surface area is 125 Å². The summed E-state index contributed by atoms with van der Waals surface area (Å²) >= 11 is 7.05. The number of fused-ring (bicyclic) bond motifs is 1. The van der Waals surface area contributed by atoms with Crippen LogP contribution in [0.5, 0.6) is 0 Å². The molecule has 0 aliphatic heterocycles. The zero-order chi connectivity index (χ0) is 13.9. The second kappa shape index (κ2) is 5.53. The average molecular weight is 303 g/mol. The van der Waals surface area contributed by atoms with Gasteiger partial charge in [0.05, 0.1) is 0 Å². The van der Waals surface area contributed by atoms with Crippen molar-refractivity contribution in [2.24, 2.45) is 0 Å². The number of rotatable bonds is 4. The van der Waals surface area contributed by atoms with Crippen LogP contribution >= 0.6 is 23.1 Å². The van der Waals surface area contributed by atoms with Gasteiger partial charge in [-0.3, -0.25) is 0 Å². The van der Waals surface area contributed by atoms with Crippen molar-refractivity contribution in [1.82, 2.24) is 9.36 Å². The molecule has 0 atom stereocenters. The molecule has 4 nitrogen and oxygen atoms in total. The minimum atomic E-state index is 0.270. The molecule has 0 unspecified atom stereocenters. The summed E-state index contributed by atoms with van der Waals surface area (Å²) in [5, 5.41) is 14.5. The van der Waals surface area contributed by atoms with Crippen LogP contribution in [-0.4, -0.2) is 15.9 Å². The van der Waals surface area contributed by atoms with Crippen LogP contribution in [0.3, 0.4) is 0 Å². The molecule has 2 aromatic heterocycles. The number of benzene rings is 1. The average Bonchev–Trinajstić information content (AvgIpc) is 3.03. The van der Waals surface area contributed by atoms with Gasteiger partial charge in [0.25, 0.3) is 0 Å².